The first-order valence-electron chi connectivity index (χ1n) is 5.36. The molecular formula is C12H14N2O4S. The maximum absolute atomic E-state index is 11.8. The first kappa shape index (κ1) is 15.0. The number of carbonyl (C=O) groups is 1. The monoisotopic (exact) mass is 282 g/mol. The van der Waals surface area contributed by atoms with Gasteiger partial charge >= 0.3 is 5.97 Å². The smallest absolute Gasteiger partial charge is 0.332 e. The molecule has 0 radical (unpaired) electrons. The van der Waals surface area contributed by atoms with Crippen molar-refractivity contribution >= 4 is 16.0 Å². The lowest BCUT2D eigenvalue weighted by molar-refractivity contribution is -0.134. The molecule has 0 heterocycles. The standard InChI is InChI=1S/C12H14N2O4S/c1-9-4-6-11(7-5-9)19(16,17)14-13-10(2)8-12(15)18-3/h4-8H,1-3H3. The van der Waals surface area contributed by atoms with Crippen molar-refractivity contribution in [2.45, 2.75) is 18.7 Å². The van der Waals surface area contributed by atoms with Crippen molar-refractivity contribution in [2.75, 3.05) is 7.11 Å². The molecule has 0 bridgehead atoms. The molecule has 0 aliphatic heterocycles. The van der Waals surface area contributed by atoms with E-state index in [2.05, 4.69) is 14.4 Å². The number of rotatable bonds is 4. The van der Waals surface area contributed by atoms with Crippen molar-refractivity contribution in [2.24, 2.45) is 9.63 Å². The second-order valence-electron chi connectivity index (χ2n) is 3.78. The number of hydrogen-bond donors (Lipinski definition) is 0. The second kappa shape index (κ2) is 6.24. The van der Waals surface area contributed by atoms with E-state index in [0.717, 1.165) is 11.6 Å². The van der Waals surface area contributed by atoms with Crippen molar-refractivity contribution in [3.63, 3.8) is 0 Å². The fourth-order valence-corrected chi connectivity index (χ4v) is 1.94. The number of benzene rings is 1. The van der Waals surface area contributed by atoms with E-state index in [1.807, 2.05) is 6.92 Å². The van der Waals surface area contributed by atoms with Crippen LogP contribution in [-0.2, 0) is 19.6 Å². The average molecular weight is 282 g/mol. The van der Waals surface area contributed by atoms with Gasteiger partial charge in [-0.3, -0.25) is 0 Å². The number of sulfonamides is 1. The van der Waals surface area contributed by atoms with E-state index in [1.54, 1.807) is 12.1 Å². The number of methoxy groups -OCH3 is 1. The van der Waals surface area contributed by atoms with Gasteiger partial charge in [-0.05, 0) is 26.0 Å². The quantitative estimate of drug-likeness (QED) is 0.481. The maximum atomic E-state index is 11.8. The number of esters is 1. The summed E-state index contributed by atoms with van der Waals surface area (Å²) in [4.78, 5) is 11.0. The highest BCUT2D eigenvalue weighted by molar-refractivity contribution is 7.90. The Morgan fingerprint density at radius 2 is 1.84 bits per heavy atom. The normalized spacial score (nSPS) is 12.7. The van der Waals surface area contributed by atoms with Gasteiger partial charge in [0.2, 0.25) is 0 Å². The number of ether oxygens (including phenoxy) is 1. The molecule has 1 aromatic rings. The van der Waals surface area contributed by atoms with Crippen LogP contribution < -0.4 is 0 Å². The summed E-state index contributed by atoms with van der Waals surface area (Å²) in [5, 5.41) is 3.48. The van der Waals surface area contributed by atoms with Crippen molar-refractivity contribution in [1.29, 1.82) is 0 Å². The molecule has 0 aromatic heterocycles. The van der Waals surface area contributed by atoms with Gasteiger partial charge in [0.1, 0.15) is 0 Å². The summed E-state index contributed by atoms with van der Waals surface area (Å²) in [7, 11) is -2.63. The van der Waals surface area contributed by atoms with Crippen LogP contribution in [0.5, 0.6) is 0 Å². The Hall–Kier alpha value is -2.02. The van der Waals surface area contributed by atoms with Gasteiger partial charge in [0.15, 0.2) is 0 Å². The minimum Gasteiger partial charge on any atom is -0.466 e. The molecule has 0 saturated carbocycles. The van der Waals surface area contributed by atoms with E-state index < -0.39 is 16.0 Å². The molecule has 0 amide bonds. The Labute approximate surface area is 111 Å². The SMILES string of the molecule is COC(=O)C=C(C)N=NS(=O)(=O)c1ccc(C)cc1. The first-order chi connectivity index (χ1) is 8.85. The summed E-state index contributed by atoms with van der Waals surface area (Å²) in [6.07, 6.45) is 1.05. The minimum atomic E-state index is -3.85. The fraction of sp³-hybridized carbons (Fsp3) is 0.250. The Bertz CT molecular complexity index is 616. The van der Waals surface area contributed by atoms with E-state index in [-0.39, 0.29) is 10.6 Å². The van der Waals surface area contributed by atoms with Crippen molar-refractivity contribution in [3.05, 3.63) is 41.6 Å². The van der Waals surface area contributed by atoms with Crippen LogP contribution in [0.2, 0.25) is 0 Å². The molecule has 0 N–H and O–H groups in total. The van der Waals surface area contributed by atoms with Gasteiger partial charge < -0.3 is 4.74 Å². The number of aryl methyl sites for hydroxylation is 1. The van der Waals surface area contributed by atoms with Crippen molar-refractivity contribution in [3.8, 4) is 0 Å². The molecule has 0 unspecified atom stereocenters. The van der Waals surface area contributed by atoms with Crippen LogP contribution in [0.3, 0.4) is 0 Å². The summed E-state index contributed by atoms with van der Waals surface area (Å²) in [6, 6.07) is 6.23. The molecule has 0 fully saturated rings. The van der Waals surface area contributed by atoms with Crippen LogP contribution in [0.4, 0.5) is 0 Å². The highest BCUT2D eigenvalue weighted by Gasteiger charge is 2.12. The zero-order valence-electron chi connectivity index (χ0n) is 10.8. The van der Waals surface area contributed by atoms with Gasteiger partial charge in [-0.2, -0.15) is 8.42 Å². The largest absolute Gasteiger partial charge is 0.466 e. The lowest BCUT2D eigenvalue weighted by atomic mass is 10.2. The molecule has 0 atom stereocenters. The Morgan fingerprint density at radius 1 is 1.26 bits per heavy atom. The van der Waals surface area contributed by atoms with Crippen LogP contribution in [0.15, 0.2) is 50.6 Å². The van der Waals surface area contributed by atoms with E-state index in [4.69, 9.17) is 0 Å². The minimum absolute atomic E-state index is 0.0488. The lowest BCUT2D eigenvalue weighted by Crippen LogP contribution is -1.97. The van der Waals surface area contributed by atoms with Crippen LogP contribution in [-0.4, -0.2) is 21.5 Å². The third kappa shape index (κ3) is 4.63. The molecule has 102 valence electrons. The second-order valence-corrected chi connectivity index (χ2v) is 5.36. The predicted octanol–water partition coefficient (Wildman–Crippen LogP) is 2.21. The summed E-state index contributed by atoms with van der Waals surface area (Å²) >= 11 is 0. The molecular weight excluding hydrogens is 268 g/mol. The summed E-state index contributed by atoms with van der Waals surface area (Å²) < 4.78 is 31.2. The van der Waals surface area contributed by atoms with E-state index in [9.17, 15) is 13.2 Å². The molecule has 0 aliphatic carbocycles. The summed E-state index contributed by atoms with van der Waals surface area (Å²) in [5.41, 5.74) is 1.08. The molecule has 0 saturated heterocycles. The van der Waals surface area contributed by atoms with Crippen molar-refractivity contribution in [1.82, 2.24) is 0 Å². The van der Waals surface area contributed by atoms with Gasteiger partial charge in [0.05, 0.1) is 17.7 Å². The Morgan fingerprint density at radius 3 is 2.37 bits per heavy atom. The number of hydrogen-bond acceptors (Lipinski definition) is 5. The zero-order valence-corrected chi connectivity index (χ0v) is 11.6. The number of allylic oxidation sites excluding steroid dienone is 1. The lowest BCUT2D eigenvalue weighted by Gasteiger charge is -1.98. The molecule has 6 nitrogen and oxygen atoms in total. The topological polar surface area (TPSA) is 85.2 Å². The zero-order chi connectivity index (χ0) is 14.5. The average Bonchev–Trinajstić information content (AvgIpc) is 2.37. The van der Waals surface area contributed by atoms with Gasteiger partial charge in [0.25, 0.3) is 10.0 Å². The van der Waals surface area contributed by atoms with Gasteiger partial charge in [0, 0.05) is 6.08 Å². The van der Waals surface area contributed by atoms with E-state index in [0.29, 0.717) is 0 Å². The number of carbonyl (C=O) groups excluding carboxylic acids is 1. The third-order valence-electron chi connectivity index (χ3n) is 2.15. The van der Waals surface area contributed by atoms with Gasteiger partial charge in [-0.1, -0.05) is 22.2 Å². The highest BCUT2D eigenvalue weighted by Crippen LogP contribution is 2.14. The first-order valence-corrected chi connectivity index (χ1v) is 6.80. The van der Waals surface area contributed by atoms with Crippen LogP contribution in [0, 0.1) is 6.92 Å². The number of nitrogens with zero attached hydrogens (tertiary/aromatic N) is 2. The summed E-state index contributed by atoms with van der Waals surface area (Å²) in [5.74, 6) is -0.621. The third-order valence-corrected chi connectivity index (χ3v) is 3.32. The Balaban J connectivity index is 2.94. The molecule has 1 aromatic carbocycles. The molecule has 1 rings (SSSR count). The molecule has 19 heavy (non-hydrogen) atoms. The van der Waals surface area contributed by atoms with Crippen LogP contribution in [0.1, 0.15) is 12.5 Å². The van der Waals surface area contributed by atoms with Gasteiger partial charge in [-0.15, -0.1) is 5.11 Å². The Kier molecular flexibility index (Phi) is 4.94. The highest BCUT2D eigenvalue weighted by atomic mass is 32.2. The van der Waals surface area contributed by atoms with E-state index in [1.165, 1.54) is 26.2 Å². The summed E-state index contributed by atoms with van der Waals surface area (Å²) in [6.45, 7) is 3.30. The van der Waals surface area contributed by atoms with E-state index >= 15 is 0 Å². The molecule has 0 aliphatic rings. The van der Waals surface area contributed by atoms with Crippen LogP contribution >= 0.6 is 0 Å². The predicted molar refractivity (Wildman–Crippen MR) is 69.0 cm³/mol. The fourth-order valence-electron chi connectivity index (χ4n) is 1.13. The molecule has 7 heteroatoms. The maximum Gasteiger partial charge on any atom is 0.332 e. The molecule has 0 spiro atoms. The van der Waals surface area contributed by atoms with Gasteiger partial charge in [-0.25, -0.2) is 4.79 Å². The van der Waals surface area contributed by atoms with Crippen molar-refractivity contribution < 1.29 is 17.9 Å². The van der Waals surface area contributed by atoms with Crippen LogP contribution in [0.25, 0.3) is 0 Å².